The molecule has 0 radical (unpaired) electrons. The van der Waals surface area contributed by atoms with E-state index in [-0.39, 0.29) is 11.9 Å². The summed E-state index contributed by atoms with van der Waals surface area (Å²) in [6.45, 7) is 6.89. The third-order valence-electron chi connectivity index (χ3n) is 4.21. The van der Waals surface area contributed by atoms with Crippen LogP contribution in [0.4, 0.5) is 4.39 Å². The molecule has 1 aliphatic rings. The Morgan fingerprint density at radius 1 is 1.24 bits per heavy atom. The van der Waals surface area contributed by atoms with Gasteiger partial charge in [0.1, 0.15) is 11.9 Å². The van der Waals surface area contributed by atoms with Crippen molar-refractivity contribution in [2.75, 3.05) is 26.2 Å². The van der Waals surface area contributed by atoms with E-state index in [1.807, 2.05) is 4.90 Å². The first-order valence-electron chi connectivity index (χ1n) is 7.06. The fraction of sp³-hybridized carbons (Fsp3) is 0.533. The van der Waals surface area contributed by atoms with Gasteiger partial charge in [0.2, 0.25) is 0 Å². The zero-order valence-corrected chi connectivity index (χ0v) is 13.8. The van der Waals surface area contributed by atoms with Crippen molar-refractivity contribution in [2.45, 2.75) is 25.9 Å². The van der Waals surface area contributed by atoms with E-state index in [1.165, 1.54) is 12.1 Å². The summed E-state index contributed by atoms with van der Waals surface area (Å²) >= 11 is 3.41. The van der Waals surface area contributed by atoms with Crippen LogP contribution < -0.4 is 0 Å². The number of aliphatic carboxylic acids is 1. The number of rotatable bonds is 4. The standard InChI is InChI=1S/C15H20BrFN2O2/c1-10(13-4-3-12(17)9-14(13)16)18-5-7-19(8-6-18)11(2)15(20)21/h3-4,9-11H,5-8H2,1-2H3,(H,20,21). The first-order valence-corrected chi connectivity index (χ1v) is 7.85. The molecule has 1 fully saturated rings. The monoisotopic (exact) mass is 358 g/mol. The van der Waals surface area contributed by atoms with Gasteiger partial charge in [0.15, 0.2) is 0 Å². The molecule has 0 bridgehead atoms. The first-order chi connectivity index (χ1) is 9.90. The highest BCUT2D eigenvalue weighted by molar-refractivity contribution is 9.10. The Hall–Kier alpha value is -0.980. The van der Waals surface area contributed by atoms with Crippen LogP contribution >= 0.6 is 15.9 Å². The lowest BCUT2D eigenvalue weighted by atomic mass is 10.1. The average Bonchev–Trinajstić information content (AvgIpc) is 2.46. The van der Waals surface area contributed by atoms with Crippen molar-refractivity contribution >= 4 is 21.9 Å². The fourth-order valence-electron chi connectivity index (χ4n) is 2.71. The highest BCUT2D eigenvalue weighted by Crippen LogP contribution is 2.29. The number of benzene rings is 1. The summed E-state index contributed by atoms with van der Waals surface area (Å²) in [6, 6.07) is 4.48. The number of carbonyl (C=O) groups is 1. The Balaban J connectivity index is 2.00. The second kappa shape index (κ2) is 6.85. The lowest BCUT2D eigenvalue weighted by Crippen LogP contribution is -2.52. The highest BCUT2D eigenvalue weighted by Gasteiger charge is 2.28. The summed E-state index contributed by atoms with van der Waals surface area (Å²) < 4.78 is 13.9. The van der Waals surface area contributed by atoms with E-state index in [1.54, 1.807) is 13.0 Å². The van der Waals surface area contributed by atoms with E-state index in [9.17, 15) is 9.18 Å². The number of nitrogens with zero attached hydrogens (tertiary/aromatic N) is 2. The van der Waals surface area contributed by atoms with Gasteiger partial charge in [-0.2, -0.15) is 0 Å². The molecular weight excluding hydrogens is 339 g/mol. The van der Waals surface area contributed by atoms with E-state index >= 15 is 0 Å². The largest absolute Gasteiger partial charge is 0.480 e. The molecule has 116 valence electrons. The molecule has 0 spiro atoms. The lowest BCUT2D eigenvalue weighted by molar-refractivity contribution is -0.143. The zero-order chi connectivity index (χ0) is 15.6. The number of hydrogen-bond donors (Lipinski definition) is 1. The predicted molar refractivity (Wildman–Crippen MR) is 82.8 cm³/mol. The van der Waals surface area contributed by atoms with Gasteiger partial charge in [0, 0.05) is 36.7 Å². The molecule has 1 aliphatic heterocycles. The summed E-state index contributed by atoms with van der Waals surface area (Å²) in [5.74, 6) is -1.03. The molecule has 0 amide bonds. The maximum atomic E-state index is 13.2. The Bertz CT molecular complexity index is 518. The van der Waals surface area contributed by atoms with Crippen LogP contribution in [0.3, 0.4) is 0 Å². The number of carboxylic acid groups (broad SMARTS) is 1. The number of hydrogen-bond acceptors (Lipinski definition) is 3. The van der Waals surface area contributed by atoms with Crippen molar-refractivity contribution in [1.29, 1.82) is 0 Å². The van der Waals surface area contributed by atoms with Crippen LogP contribution in [-0.4, -0.2) is 53.1 Å². The van der Waals surface area contributed by atoms with E-state index < -0.39 is 12.0 Å². The van der Waals surface area contributed by atoms with E-state index in [0.717, 1.165) is 36.2 Å². The molecule has 2 unspecified atom stereocenters. The minimum Gasteiger partial charge on any atom is -0.480 e. The molecule has 1 N–H and O–H groups in total. The van der Waals surface area contributed by atoms with Crippen molar-refractivity contribution in [1.82, 2.24) is 9.80 Å². The summed E-state index contributed by atoms with van der Waals surface area (Å²) in [5, 5.41) is 9.05. The van der Waals surface area contributed by atoms with Gasteiger partial charge in [-0.15, -0.1) is 0 Å². The summed E-state index contributed by atoms with van der Waals surface area (Å²) in [5.41, 5.74) is 1.05. The van der Waals surface area contributed by atoms with Crippen LogP contribution in [0.1, 0.15) is 25.5 Å². The quantitative estimate of drug-likeness (QED) is 0.898. The summed E-state index contributed by atoms with van der Waals surface area (Å²) in [7, 11) is 0. The van der Waals surface area contributed by atoms with Crippen molar-refractivity contribution < 1.29 is 14.3 Å². The molecular formula is C15H20BrFN2O2. The Labute approximate surface area is 132 Å². The second-order valence-electron chi connectivity index (χ2n) is 5.43. The van der Waals surface area contributed by atoms with Crippen molar-refractivity contribution in [2.24, 2.45) is 0 Å². The molecule has 0 aromatic heterocycles. The molecule has 1 aromatic rings. The predicted octanol–water partition coefficient (Wildman–Crippen LogP) is 2.74. The van der Waals surface area contributed by atoms with Gasteiger partial charge in [-0.25, -0.2) is 4.39 Å². The number of piperazine rings is 1. The molecule has 2 rings (SSSR count). The molecule has 2 atom stereocenters. The summed E-state index contributed by atoms with van der Waals surface area (Å²) in [6.07, 6.45) is 0. The zero-order valence-electron chi connectivity index (χ0n) is 12.2. The molecule has 1 saturated heterocycles. The number of carboxylic acids is 1. The van der Waals surface area contributed by atoms with Gasteiger partial charge < -0.3 is 5.11 Å². The third-order valence-corrected chi connectivity index (χ3v) is 4.90. The molecule has 0 saturated carbocycles. The van der Waals surface area contributed by atoms with Crippen molar-refractivity contribution in [3.63, 3.8) is 0 Å². The molecule has 0 aliphatic carbocycles. The van der Waals surface area contributed by atoms with E-state index in [4.69, 9.17) is 5.11 Å². The van der Waals surface area contributed by atoms with Gasteiger partial charge in [-0.1, -0.05) is 22.0 Å². The van der Waals surface area contributed by atoms with Crippen LogP contribution in [0.2, 0.25) is 0 Å². The fourth-order valence-corrected chi connectivity index (χ4v) is 3.39. The minimum absolute atomic E-state index is 0.169. The molecule has 21 heavy (non-hydrogen) atoms. The van der Waals surface area contributed by atoms with Gasteiger partial charge in [-0.05, 0) is 31.5 Å². The Morgan fingerprint density at radius 3 is 2.33 bits per heavy atom. The Kier molecular flexibility index (Phi) is 5.35. The van der Waals surface area contributed by atoms with Crippen molar-refractivity contribution in [3.05, 3.63) is 34.1 Å². The third kappa shape index (κ3) is 3.81. The van der Waals surface area contributed by atoms with Crippen LogP contribution in [0.25, 0.3) is 0 Å². The highest BCUT2D eigenvalue weighted by atomic mass is 79.9. The van der Waals surface area contributed by atoms with Crippen LogP contribution in [0.5, 0.6) is 0 Å². The van der Waals surface area contributed by atoms with E-state index in [0.29, 0.717) is 0 Å². The van der Waals surface area contributed by atoms with Crippen LogP contribution in [0, 0.1) is 5.82 Å². The average molecular weight is 359 g/mol. The molecule has 4 nitrogen and oxygen atoms in total. The maximum Gasteiger partial charge on any atom is 0.320 e. The van der Waals surface area contributed by atoms with E-state index in [2.05, 4.69) is 27.8 Å². The second-order valence-corrected chi connectivity index (χ2v) is 6.28. The van der Waals surface area contributed by atoms with Crippen LogP contribution in [0.15, 0.2) is 22.7 Å². The van der Waals surface area contributed by atoms with Crippen LogP contribution in [-0.2, 0) is 4.79 Å². The number of halogens is 2. The molecule has 1 heterocycles. The normalized spacial score (nSPS) is 20.2. The molecule has 6 heteroatoms. The lowest BCUT2D eigenvalue weighted by Gasteiger charge is -2.39. The van der Waals surface area contributed by atoms with Gasteiger partial charge in [0.25, 0.3) is 0 Å². The molecule has 1 aromatic carbocycles. The van der Waals surface area contributed by atoms with Gasteiger partial charge in [-0.3, -0.25) is 14.6 Å². The topological polar surface area (TPSA) is 43.8 Å². The minimum atomic E-state index is -0.780. The van der Waals surface area contributed by atoms with Gasteiger partial charge in [0.05, 0.1) is 0 Å². The van der Waals surface area contributed by atoms with Gasteiger partial charge >= 0.3 is 5.97 Å². The SMILES string of the molecule is CC(C(=O)O)N1CCN(C(C)c2ccc(F)cc2Br)CC1. The Morgan fingerprint density at radius 2 is 1.81 bits per heavy atom. The first kappa shape index (κ1) is 16.4. The van der Waals surface area contributed by atoms with Crippen molar-refractivity contribution in [3.8, 4) is 0 Å². The summed E-state index contributed by atoms with van der Waals surface area (Å²) in [4.78, 5) is 15.3. The maximum absolute atomic E-state index is 13.2. The smallest absolute Gasteiger partial charge is 0.320 e.